The molecule has 128 valence electrons. The molecular weight excluding hydrogens is 366 g/mol. The van der Waals surface area contributed by atoms with Crippen LogP contribution in [0.5, 0.6) is 0 Å². The molecule has 9 heteroatoms. The molecule has 0 unspecified atom stereocenters. The van der Waals surface area contributed by atoms with E-state index in [0.29, 0.717) is 16.6 Å². The number of nitro groups is 1. The smallest absolute Gasteiger partial charge is 0.395 e. The molecule has 7 nitrogen and oxygen atoms in total. The Morgan fingerprint density at radius 2 is 2.12 bits per heavy atom. The normalized spacial score (nSPS) is 10.6. The number of furan rings is 1. The molecule has 3 aromatic rings. The summed E-state index contributed by atoms with van der Waals surface area (Å²) in [4.78, 5) is 27.3. The second-order valence-corrected chi connectivity index (χ2v) is 6.64. The van der Waals surface area contributed by atoms with Crippen molar-refractivity contribution in [3.63, 3.8) is 0 Å². The number of anilines is 1. The Labute approximate surface area is 151 Å². The molecule has 0 saturated carbocycles. The van der Waals surface area contributed by atoms with Crippen LogP contribution >= 0.6 is 22.9 Å². The lowest BCUT2D eigenvalue weighted by Crippen LogP contribution is -2.10. The molecule has 0 radical (unpaired) electrons. The highest BCUT2D eigenvalue weighted by atomic mass is 35.5. The van der Waals surface area contributed by atoms with E-state index in [-0.39, 0.29) is 5.76 Å². The molecule has 1 amide bonds. The van der Waals surface area contributed by atoms with Gasteiger partial charge in [-0.3, -0.25) is 20.2 Å². The van der Waals surface area contributed by atoms with Gasteiger partial charge in [-0.25, -0.2) is 4.98 Å². The molecule has 1 N–H and O–H groups in total. The van der Waals surface area contributed by atoms with Gasteiger partial charge in [0, 0.05) is 16.3 Å². The number of halogens is 1. The first-order valence-electron chi connectivity index (χ1n) is 7.19. The standard InChI is InChI=1S/C16H12ClN3O4S/c1-9-13(8-10-4-2-3-5-11(10)17)25-16(18-9)19-15(21)12-6-7-14(24-12)20(22)23/h2-7H,8H2,1H3,(H,18,19,21). The Hall–Kier alpha value is -2.71. The Bertz CT molecular complexity index is 951. The van der Waals surface area contributed by atoms with Crippen LogP contribution in [0, 0.1) is 17.0 Å². The number of carbonyl (C=O) groups is 1. The van der Waals surface area contributed by atoms with Gasteiger partial charge in [-0.2, -0.15) is 0 Å². The van der Waals surface area contributed by atoms with Crippen molar-refractivity contribution in [2.24, 2.45) is 0 Å². The van der Waals surface area contributed by atoms with E-state index in [1.807, 2.05) is 31.2 Å². The molecule has 2 heterocycles. The minimum Gasteiger partial charge on any atom is -0.395 e. The maximum atomic E-state index is 12.1. The number of nitrogens with zero attached hydrogens (tertiary/aromatic N) is 2. The van der Waals surface area contributed by atoms with Crippen LogP contribution in [0.3, 0.4) is 0 Å². The van der Waals surface area contributed by atoms with Crippen LogP contribution in [0.4, 0.5) is 11.0 Å². The van der Waals surface area contributed by atoms with E-state index in [2.05, 4.69) is 10.3 Å². The molecule has 1 aromatic carbocycles. The van der Waals surface area contributed by atoms with Crippen LogP contribution in [-0.4, -0.2) is 15.8 Å². The summed E-state index contributed by atoms with van der Waals surface area (Å²) in [5.74, 6) is -1.22. The summed E-state index contributed by atoms with van der Waals surface area (Å²) in [6.07, 6.45) is 0.602. The maximum Gasteiger partial charge on any atom is 0.433 e. The minimum absolute atomic E-state index is 0.146. The van der Waals surface area contributed by atoms with Crippen LogP contribution in [0.1, 0.15) is 26.7 Å². The number of aromatic nitrogens is 1. The van der Waals surface area contributed by atoms with Gasteiger partial charge >= 0.3 is 5.88 Å². The van der Waals surface area contributed by atoms with Crippen LogP contribution in [0.15, 0.2) is 40.8 Å². The topological polar surface area (TPSA) is 98.3 Å². The molecule has 0 aliphatic heterocycles. The fourth-order valence-electron chi connectivity index (χ4n) is 2.17. The first kappa shape index (κ1) is 17.1. The predicted octanol–water partition coefficient (Wildman–Crippen LogP) is 4.45. The van der Waals surface area contributed by atoms with Gasteiger partial charge in [0.05, 0.1) is 11.8 Å². The number of thiazole rings is 1. The lowest BCUT2D eigenvalue weighted by molar-refractivity contribution is -0.402. The van der Waals surface area contributed by atoms with E-state index in [1.165, 1.54) is 17.4 Å². The second-order valence-electron chi connectivity index (χ2n) is 5.14. The summed E-state index contributed by atoms with van der Waals surface area (Å²) in [5, 5.41) is 14.3. The van der Waals surface area contributed by atoms with E-state index >= 15 is 0 Å². The van der Waals surface area contributed by atoms with Crippen molar-refractivity contribution < 1.29 is 14.1 Å². The van der Waals surface area contributed by atoms with Crippen LogP contribution in [0.2, 0.25) is 5.02 Å². The summed E-state index contributed by atoms with van der Waals surface area (Å²) in [6, 6.07) is 9.90. The molecular formula is C16H12ClN3O4S. The van der Waals surface area contributed by atoms with Gasteiger partial charge in [0.1, 0.15) is 4.92 Å². The molecule has 2 aromatic heterocycles. The Morgan fingerprint density at radius 3 is 2.80 bits per heavy atom. The molecule has 0 spiro atoms. The number of aryl methyl sites for hydroxylation is 1. The Balaban J connectivity index is 1.74. The van der Waals surface area contributed by atoms with Gasteiger partial charge in [-0.15, -0.1) is 11.3 Å². The summed E-state index contributed by atoms with van der Waals surface area (Å²) in [6.45, 7) is 1.84. The van der Waals surface area contributed by atoms with Crippen molar-refractivity contribution in [2.45, 2.75) is 13.3 Å². The Morgan fingerprint density at radius 1 is 1.36 bits per heavy atom. The van der Waals surface area contributed by atoms with Gasteiger partial charge in [-0.1, -0.05) is 29.8 Å². The van der Waals surface area contributed by atoms with E-state index in [1.54, 1.807) is 0 Å². The minimum atomic E-state index is -0.702. The molecule has 3 rings (SSSR count). The summed E-state index contributed by atoms with van der Waals surface area (Å²) in [5.41, 5.74) is 1.75. The number of hydrogen-bond donors (Lipinski definition) is 1. The highest BCUT2D eigenvalue weighted by molar-refractivity contribution is 7.15. The van der Waals surface area contributed by atoms with Crippen LogP contribution in [-0.2, 0) is 6.42 Å². The van der Waals surface area contributed by atoms with Gasteiger partial charge in [0.15, 0.2) is 10.9 Å². The monoisotopic (exact) mass is 377 g/mol. The van der Waals surface area contributed by atoms with Gasteiger partial charge in [0.2, 0.25) is 0 Å². The number of rotatable bonds is 5. The van der Waals surface area contributed by atoms with Gasteiger partial charge in [-0.05, 0) is 24.6 Å². The highest BCUT2D eigenvalue weighted by Gasteiger charge is 2.19. The SMILES string of the molecule is Cc1nc(NC(=O)c2ccc([N+](=O)[O-])o2)sc1Cc1ccccc1Cl. The van der Waals surface area contributed by atoms with E-state index < -0.39 is 16.7 Å². The third-order valence-electron chi connectivity index (χ3n) is 3.42. The third-order valence-corrected chi connectivity index (χ3v) is 4.86. The lowest BCUT2D eigenvalue weighted by atomic mass is 10.1. The molecule has 0 aliphatic rings. The average molecular weight is 378 g/mol. The highest BCUT2D eigenvalue weighted by Crippen LogP contribution is 2.28. The number of hydrogen-bond acceptors (Lipinski definition) is 6. The lowest BCUT2D eigenvalue weighted by Gasteiger charge is -2.02. The van der Waals surface area contributed by atoms with Gasteiger partial charge in [0.25, 0.3) is 5.91 Å². The maximum absolute atomic E-state index is 12.1. The summed E-state index contributed by atoms with van der Waals surface area (Å²) in [7, 11) is 0. The predicted molar refractivity (Wildman–Crippen MR) is 94.4 cm³/mol. The van der Waals surface area contributed by atoms with Crippen molar-refractivity contribution in [3.8, 4) is 0 Å². The molecule has 0 saturated heterocycles. The van der Waals surface area contributed by atoms with Crippen LogP contribution in [0.25, 0.3) is 0 Å². The van der Waals surface area contributed by atoms with Crippen molar-refractivity contribution in [1.29, 1.82) is 0 Å². The number of amides is 1. The molecule has 0 fully saturated rings. The van der Waals surface area contributed by atoms with E-state index in [0.717, 1.165) is 22.2 Å². The zero-order valence-corrected chi connectivity index (χ0v) is 14.6. The van der Waals surface area contributed by atoms with E-state index in [4.69, 9.17) is 16.0 Å². The molecule has 25 heavy (non-hydrogen) atoms. The number of carbonyl (C=O) groups excluding carboxylic acids is 1. The second kappa shape index (κ2) is 7.04. The molecule has 0 atom stereocenters. The fraction of sp³-hybridized carbons (Fsp3) is 0.125. The fourth-order valence-corrected chi connectivity index (χ4v) is 3.35. The van der Waals surface area contributed by atoms with Crippen LogP contribution < -0.4 is 5.32 Å². The van der Waals surface area contributed by atoms with Crippen molar-refractivity contribution in [2.75, 3.05) is 5.32 Å². The number of benzene rings is 1. The van der Waals surface area contributed by atoms with E-state index in [9.17, 15) is 14.9 Å². The first-order chi connectivity index (χ1) is 11.9. The van der Waals surface area contributed by atoms with Crippen molar-refractivity contribution in [1.82, 2.24) is 4.98 Å². The zero-order valence-electron chi connectivity index (χ0n) is 13.0. The van der Waals surface area contributed by atoms with Crippen molar-refractivity contribution >= 4 is 39.9 Å². The molecule has 0 aliphatic carbocycles. The van der Waals surface area contributed by atoms with Crippen molar-refractivity contribution in [3.05, 3.63) is 73.4 Å². The molecule has 0 bridgehead atoms. The third kappa shape index (κ3) is 3.86. The summed E-state index contributed by atoms with van der Waals surface area (Å²) < 4.78 is 4.88. The zero-order chi connectivity index (χ0) is 18.0. The quantitative estimate of drug-likeness (QED) is 0.523. The first-order valence-corrected chi connectivity index (χ1v) is 8.39. The van der Waals surface area contributed by atoms with Gasteiger partial charge < -0.3 is 4.42 Å². The number of nitrogens with one attached hydrogen (secondary N) is 1. The summed E-state index contributed by atoms with van der Waals surface area (Å²) >= 11 is 7.49. The Kier molecular flexibility index (Phi) is 4.82. The average Bonchev–Trinajstić information content (AvgIpc) is 3.17. The largest absolute Gasteiger partial charge is 0.433 e.